The Morgan fingerprint density at radius 2 is 0.713 bits per heavy atom. The van der Waals surface area contributed by atoms with E-state index in [0.717, 1.165) is 16.8 Å². The third-order valence-electron chi connectivity index (χ3n) is 12.6. The van der Waals surface area contributed by atoms with Crippen molar-refractivity contribution in [1.29, 1.82) is 0 Å². The zero-order valence-electron chi connectivity index (χ0n) is 39.9. The first-order valence-corrected chi connectivity index (χ1v) is 22.3. The van der Waals surface area contributed by atoms with Crippen LogP contribution in [0.2, 0.25) is 0 Å². The number of carbonyl (C=O) groups excluding carboxylic acids is 1. The number of Topliss-reactive ketones (excluding diaryl/α,β-unsaturated/α-hetero) is 1. The van der Waals surface area contributed by atoms with Gasteiger partial charge in [-0.1, -0.05) is 91.0 Å². The average Bonchev–Trinajstić information content (AvgIpc) is 3.47. The van der Waals surface area contributed by atoms with Crippen molar-refractivity contribution < 1.29 is 115 Å². The highest BCUT2D eigenvalue weighted by Gasteiger charge is 2.47. The van der Waals surface area contributed by atoms with Gasteiger partial charge in [0, 0.05) is 5.56 Å². The van der Waals surface area contributed by atoms with E-state index in [-0.39, 0.29) is 5.78 Å². The van der Waals surface area contributed by atoms with Gasteiger partial charge in [-0.2, -0.15) is 132 Å². The molecular formula is C52H31BF24N2O. The van der Waals surface area contributed by atoms with Gasteiger partial charge in [-0.05, 0) is 55.3 Å². The smallest absolute Gasteiger partial charge is 0.287 e. The molecule has 0 bridgehead atoms. The second-order valence-electron chi connectivity index (χ2n) is 17.8. The minimum Gasteiger partial charge on any atom is -0.287 e. The number of aryl methyl sites for hydroxylation is 1. The maximum absolute atomic E-state index is 14.2. The van der Waals surface area contributed by atoms with Crippen molar-refractivity contribution in [2.75, 3.05) is 0 Å². The van der Waals surface area contributed by atoms with Crippen LogP contribution in [0.4, 0.5) is 105 Å². The number of aromatic nitrogens is 2. The summed E-state index contributed by atoms with van der Waals surface area (Å²) in [5.41, 5.74) is -25.0. The molecule has 28 heteroatoms. The van der Waals surface area contributed by atoms with Crippen molar-refractivity contribution >= 4 is 33.8 Å². The fourth-order valence-corrected chi connectivity index (χ4v) is 8.72. The van der Waals surface area contributed by atoms with Gasteiger partial charge in [0.1, 0.15) is 6.15 Å². The van der Waals surface area contributed by atoms with E-state index in [2.05, 4.69) is 31.0 Å². The highest BCUT2D eigenvalue weighted by Crippen LogP contribution is 2.41. The highest BCUT2D eigenvalue weighted by atomic mass is 19.4. The molecule has 3 nitrogen and oxygen atoms in total. The van der Waals surface area contributed by atoms with Crippen LogP contribution in [0.5, 0.6) is 0 Å². The van der Waals surface area contributed by atoms with Crippen molar-refractivity contribution in [3.05, 3.63) is 201 Å². The number of halogens is 24. The van der Waals surface area contributed by atoms with Gasteiger partial charge in [-0.25, -0.2) is 0 Å². The summed E-state index contributed by atoms with van der Waals surface area (Å²) in [6, 6.07) is 6.77. The van der Waals surface area contributed by atoms with E-state index >= 15 is 0 Å². The van der Waals surface area contributed by atoms with Crippen LogP contribution in [0.15, 0.2) is 140 Å². The minimum absolute atomic E-state index is 0.0911. The number of hydrogen-bond donors (Lipinski definition) is 0. The summed E-state index contributed by atoms with van der Waals surface area (Å²) < 4.78 is 343. The first-order chi connectivity index (χ1) is 36.4. The monoisotopic (exact) mass is 1170 g/mol. The lowest BCUT2D eigenvalue weighted by atomic mass is 9.12. The molecule has 0 saturated carbocycles. The molecule has 7 aromatic rings. The van der Waals surface area contributed by atoms with Crippen molar-refractivity contribution in [1.82, 2.24) is 4.98 Å². The summed E-state index contributed by atoms with van der Waals surface area (Å²) in [7, 11) is 0. The highest BCUT2D eigenvalue weighted by molar-refractivity contribution is 7.20. The van der Waals surface area contributed by atoms with Gasteiger partial charge >= 0.3 is 49.4 Å². The maximum atomic E-state index is 14.2. The molecule has 6 aromatic carbocycles. The van der Waals surface area contributed by atoms with Crippen LogP contribution in [-0.4, -0.2) is 16.9 Å². The molecule has 0 radical (unpaired) electrons. The van der Waals surface area contributed by atoms with Gasteiger partial charge in [-0.15, -0.1) is 0 Å². The Kier molecular flexibility index (Phi) is 16.6. The van der Waals surface area contributed by atoms with E-state index in [1.54, 1.807) is 6.20 Å². The Balaban J connectivity index is 0.000000370. The summed E-state index contributed by atoms with van der Waals surface area (Å²) in [5, 5.41) is 0. The minimum atomic E-state index is -6.13. The number of nitrogens with zero attached hydrogens (tertiary/aromatic N) is 2. The molecule has 426 valence electrons. The van der Waals surface area contributed by atoms with Crippen molar-refractivity contribution in [2.24, 2.45) is 0 Å². The van der Waals surface area contributed by atoms with Crippen LogP contribution in [0, 0.1) is 13.8 Å². The van der Waals surface area contributed by atoms with Crippen LogP contribution in [0.3, 0.4) is 0 Å². The molecule has 7 rings (SSSR count). The van der Waals surface area contributed by atoms with Crippen LogP contribution in [-0.2, 0) is 56.0 Å². The summed E-state index contributed by atoms with van der Waals surface area (Å²) in [6.45, 7) is 4.49. The first kappa shape index (κ1) is 61.7. The van der Waals surface area contributed by atoms with Gasteiger partial charge in [0.25, 0.3) is 0 Å². The third-order valence-corrected chi connectivity index (χ3v) is 12.6. The van der Waals surface area contributed by atoms with Crippen molar-refractivity contribution in [3.8, 4) is 11.3 Å². The summed E-state index contributed by atoms with van der Waals surface area (Å²) in [4.78, 5) is 16.7. The van der Waals surface area contributed by atoms with E-state index in [1.165, 1.54) is 11.1 Å². The molecule has 0 spiro atoms. The number of hydrogen-bond acceptors (Lipinski definition) is 2. The topological polar surface area (TPSA) is 33.8 Å². The molecule has 80 heavy (non-hydrogen) atoms. The van der Waals surface area contributed by atoms with Gasteiger partial charge in [0.05, 0.1) is 62.5 Å². The molecule has 0 aliphatic carbocycles. The van der Waals surface area contributed by atoms with E-state index in [0.29, 0.717) is 6.54 Å². The molecule has 0 aliphatic rings. The molecular weight excluding hydrogens is 1140 g/mol. The summed E-state index contributed by atoms with van der Waals surface area (Å²) in [6.07, 6.45) is -49.4. The SMILES string of the molecule is Cc1cccc(-c2cncc[n+]2CC(=O)c2ccccc2)c1C.FC(F)(F)c1cc([B-](c2cc(C(F)(F)F)cc(C(F)(F)F)c2)(c2cc(C(F)(F)F)cc(C(F)(F)F)c2)c2cc(C(F)(F)F)cc(C(F)(F)F)c2)cc(C(F)(F)F)c1. The van der Waals surface area contributed by atoms with Gasteiger partial charge in [0.15, 0.2) is 6.20 Å². The first-order valence-electron chi connectivity index (χ1n) is 22.3. The summed E-state index contributed by atoms with van der Waals surface area (Å²) >= 11 is 0. The summed E-state index contributed by atoms with van der Waals surface area (Å²) in [5.74, 6) is 0.0911. The Labute approximate surface area is 435 Å². The normalized spacial score (nSPS) is 13.2. The zero-order valence-corrected chi connectivity index (χ0v) is 39.9. The molecule has 1 aromatic heterocycles. The average molecular weight is 1170 g/mol. The number of benzene rings is 6. The Morgan fingerprint density at radius 1 is 0.412 bits per heavy atom. The predicted octanol–water partition coefficient (Wildman–Crippen LogP) is 14.8. The fraction of sp³-hybridized carbons (Fsp3) is 0.212. The van der Waals surface area contributed by atoms with E-state index in [9.17, 15) is 110 Å². The van der Waals surface area contributed by atoms with Crippen LogP contribution < -0.4 is 26.4 Å². The maximum Gasteiger partial charge on any atom is 0.416 e. The standard InChI is InChI=1S/C32H12BF24.C20H19N2O/c34-25(35,36)13-1-14(26(37,38)39)6-21(5-13)33(22-7-15(27(40,41)42)2-16(8-22)28(43,44)45,23-9-17(29(46,47)48)3-18(10-23)30(49,50)51)24-11-19(31(52,53)54)4-20(12-24)32(55,56)57;1-15-7-6-10-18(16(15)2)19-13-21-11-12-22(19)14-20(23)17-8-4-3-5-9-17/h1-12H;3-13H,14H2,1-2H3/q-1;+1. The lowest BCUT2D eigenvalue weighted by molar-refractivity contribution is -0.672. The van der Waals surface area contributed by atoms with Crippen molar-refractivity contribution in [2.45, 2.75) is 69.8 Å². The molecule has 0 unspecified atom stereocenters. The number of rotatable bonds is 8. The quantitative estimate of drug-likeness (QED) is 0.0658. The second-order valence-corrected chi connectivity index (χ2v) is 17.8. The van der Waals surface area contributed by atoms with E-state index in [1.807, 2.05) is 53.4 Å². The number of carbonyl (C=O) groups is 1. The Morgan fingerprint density at radius 3 is 1.00 bits per heavy atom. The Hall–Kier alpha value is -7.55. The van der Waals surface area contributed by atoms with Crippen LogP contribution in [0.25, 0.3) is 11.3 Å². The lowest BCUT2D eigenvalue weighted by Crippen LogP contribution is -2.75. The van der Waals surface area contributed by atoms with Gasteiger partial charge in [-0.3, -0.25) is 9.78 Å². The molecule has 0 N–H and O–H groups in total. The lowest BCUT2D eigenvalue weighted by Gasteiger charge is -2.46. The van der Waals surface area contributed by atoms with Crippen LogP contribution >= 0.6 is 0 Å². The second kappa shape index (κ2) is 21.5. The number of ketones is 1. The van der Waals surface area contributed by atoms with Gasteiger partial charge in [0.2, 0.25) is 18.0 Å². The third kappa shape index (κ3) is 13.7. The van der Waals surface area contributed by atoms with Crippen molar-refractivity contribution in [3.63, 3.8) is 0 Å². The molecule has 0 amide bonds. The van der Waals surface area contributed by atoms with Gasteiger partial charge < -0.3 is 0 Å². The fourth-order valence-electron chi connectivity index (χ4n) is 8.72. The molecule has 0 aliphatic heterocycles. The zero-order chi connectivity index (χ0) is 60.1. The molecule has 0 saturated heterocycles. The van der Waals surface area contributed by atoms with Crippen LogP contribution in [0.1, 0.15) is 66.0 Å². The molecule has 0 fully saturated rings. The number of alkyl halides is 24. The largest absolute Gasteiger partial charge is 0.416 e. The van der Waals surface area contributed by atoms with E-state index < -0.39 is 195 Å². The Bertz CT molecular complexity index is 2970. The molecule has 1 heterocycles. The predicted molar refractivity (Wildman–Crippen MR) is 240 cm³/mol. The molecule has 0 atom stereocenters. The van der Waals surface area contributed by atoms with E-state index in [4.69, 9.17) is 0 Å².